The zero-order chi connectivity index (χ0) is 15.8. The van der Waals surface area contributed by atoms with Crippen molar-refractivity contribution in [2.75, 3.05) is 0 Å². The first-order chi connectivity index (χ1) is 11.2. The molecule has 0 bridgehead atoms. The van der Waals surface area contributed by atoms with E-state index in [1.807, 2.05) is 36.4 Å². The molecule has 0 fully saturated rings. The Bertz CT molecular complexity index is 957. The summed E-state index contributed by atoms with van der Waals surface area (Å²) in [4.78, 5) is 8.67. The standard InChI is InChI=1S/C18H11ClN2O2/c19-14-7-3-1-6-13(14)17-21-16(18(22)23-17)9-11-10-20-15-8-4-2-5-12(11)15/h1-10,22H/b11-9+. The first kappa shape index (κ1) is 13.8. The first-order valence-electron chi connectivity index (χ1n) is 7.02. The molecule has 4 rings (SSSR count). The quantitative estimate of drug-likeness (QED) is 0.725. The summed E-state index contributed by atoms with van der Waals surface area (Å²) in [6, 6.07) is 15.0. The van der Waals surface area contributed by atoms with Crippen LogP contribution in [0.3, 0.4) is 0 Å². The highest BCUT2D eigenvalue weighted by atomic mass is 35.5. The number of oxazole rings is 1. The number of benzene rings is 2. The number of allylic oxidation sites excluding steroid dienone is 1. The SMILES string of the molecule is Oc1oc(-c2ccccc2Cl)nc1/C=C1\C=Nc2ccccc21. The zero-order valence-corrected chi connectivity index (χ0v) is 12.7. The summed E-state index contributed by atoms with van der Waals surface area (Å²) in [5.74, 6) is 0.0355. The fraction of sp³-hybridized carbons (Fsp3) is 0. The van der Waals surface area contributed by atoms with Crippen LogP contribution in [0.5, 0.6) is 5.95 Å². The minimum atomic E-state index is -0.245. The molecule has 0 atom stereocenters. The minimum Gasteiger partial charge on any atom is -0.479 e. The molecule has 1 aliphatic rings. The van der Waals surface area contributed by atoms with Crippen molar-refractivity contribution < 1.29 is 9.52 Å². The van der Waals surface area contributed by atoms with Crippen LogP contribution < -0.4 is 0 Å². The average molecular weight is 323 g/mol. The zero-order valence-electron chi connectivity index (χ0n) is 11.9. The Labute approximate surface area is 137 Å². The lowest BCUT2D eigenvalue weighted by molar-refractivity contribution is 0.336. The van der Waals surface area contributed by atoms with Crippen molar-refractivity contribution >= 4 is 35.2 Å². The van der Waals surface area contributed by atoms with Gasteiger partial charge in [0.2, 0.25) is 5.89 Å². The lowest BCUT2D eigenvalue weighted by Gasteiger charge is -1.97. The fourth-order valence-corrected chi connectivity index (χ4v) is 2.69. The Morgan fingerprint density at radius 2 is 1.74 bits per heavy atom. The highest BCUT2D eigenvalue weighted by Crippen LogP contribution is 2.35. The van der Waals surface area contributed by atoms with E-state index in [0.717, 1.165) is 16.8 Å². The van der Waals surface area contributed by atoms with Gasteiger partial charge in [0.25, 0.3) is 0 Å². The van der Waals surface area contributed by atoms with E-state index in [4.69, 9.17) is 16.0 Å². The highest BCUT2D eigenvalue weighted by molar-refractivity contribution is 6.33. The molecule has 1 aliphatic heterocycles. The number of aromatic nitrogens is 1. The highest BCUT2D eigenvalue weighted by Gasteiger charge is 2.17. The number of rotatable bonds is 2. The lowest BCUT2D eigenvalue weighted by Crippen LogP contribution is -1.82. The summed E-state index contributed by atoms with van der Waals surface area (Å²) < 4.78 is 5.35. The van der Waals surface area contributed by atoms with Gasteiger partial charge in [-0.05, 0) is 24.3 Å². The Hall–Kier alpha value is -2.85. The molecule has 4 nitrogen and oxygen atoms in total. The molecule has 112 valence electrons. The molecule has 0 spiro atoms. The van der Waals surface area contributed by atoms with Crippen LogP contribution in [0.1, 0.15) is 11.3 Å². The molecule has 3 aromatic rings. The minimum absolute atomic E-state index is 0.245. The fourth-order valence-electron chi connectivity index (χ4n) is 2.47. The van der Waals surface area contributed by atoms with Crippen molar-refractivity contribution in [3.05, 3.63) is 64.8 Å². The van der Waals surface area contributed by atoms with Gasteiger partial charge < -0.3 is 9.52 Å². The second kappa shape index (κ2) is 5.41. The van der Waals surface area contributed by atoms with E-state index in [-0.39, 0.29) is 11.8 Å². The molecule has 0 saturated heterocycles. The van der Waals surface area contributed by atoms with Crippen molar-refractivity contribution in [1.82, 2.24) is 4.98 Å². The molecule has 1 N–H and O–H groups in total. The second-order valence-corrected chi connectivity index (χ2v) is 5.47. The van der Waals surface area contributed by atoms with E-state index < -0.39 is 0 Å². The molecule has 0 aliphatic carbocycles. The van der Waals surface area contributed by atoms with Crippen molar-refractivity contribution in [2.45, 2.75) is 0 Å². The van der Waals surface area contributed by atoms with E-state index in [1.54, 1.807) is 24.4 Å². The third kappa shape index (κ3) is 2.43. The number of hydrogen-bond acceptors (Lipinski definition) is 4. The van der Waals surface area contributed by atoms with Crippen LogP contribution in [0, 0.1) is 0 Å². The maximum Gasteiger partial charge on any atom is 0.310 e. The van der Waals surface area contributed by atoms with Gasteiger partial charge in [0, 0.05) is 17.4 Å². The smallest absolute Gasteiger partial charge is 0.310 e. The monoisotopic (exact) mass is 322 g/mol. The maximum absolute atomic E-state index is 10.0. The molecule has 0 amide bonds. The molecular weight excluding hydrogens is 312 g/mol. The number of hydrogen-bond donors (Lipinski definition) is 1. The first-order valence-corrected chi connectivity index (χ1v) is 7.40. The van der Waals surface area contributed by atoms with Gasteiger partial charge >= 0.3 is 5.95 Å². The van der Waals surface area contributed by atoms with Crippen LogP contribution in [-0.4, -0.2) is 16.3 Å². The van der Waals surface area contributed by atoms with Crippen LogP contribution >= 0.6 is 11.6 Å². The Morgan fingerprint density at radius 1 is 1.00 bits per heavy atom. The predicted molar refractivity (Wildman–Crippen MR) is 91.1 cm³/mol. The van der Waals surface area contributed by atoms with Gasteiger partial charge in [-0.2, -0.15) is 0 Å². The molecule has 0 unspecified atom stereocenters. The van der Waals surface area contributed by atoms with Crippen LogP contribution in [0.15, 0.2) is 57.9 Å². The molecular formula is C18H11ClN2O2. The van der Waals surface area contributed by atoms with Crippen LogP contribution in [0.2, 0.25) is 5.02 Å². The Kier molecular flexibility index (Phi) is 3.24. The van der Waals surface area contributed by atoms with E-state index in [1.165, 1.54) is 0 Å². The summed E-state index contributed by atoms with van der Waals surface area (Å²) in [6.45, 7) is 0. The molecule has 0 radical (unpaired) electrons. The van der Waals surface area contributed by atoms with Gasteiger partial charge in [-0.15, -0.1) is 0 Å². The van der Waals surface area contributed by atoms with Gasteiger partial charge in [0.1, 0.15) is 5.69 Å². The average Bonchev–Trinajstić information content (AvgIpc) is 3.13. The normalized spacial score (nSPS) is 14.4. The molecule has 23 heavy (non-hydrogen) atoms. The number of nitrogens with zero attached hydrogens (tertiary/aromatic N) is 2. The molecule has 2 heterocycles. The Balaban J connectivity index is 1.77. The van der Waals surface area contributed by atoms with Crippen molar-refractivity contribution in [3.8, 4) is 17.4 Å². The van der Waals surface area contributed by atoms with E-state index in [0.29, 0.717) is 16.3 Å². The summed E-state index contributed by atoms with van der Waals surface area (Å²) in [6.07, 6.45) is 3.49. The largest absolute Gasteiger partial charge is 0.479 e. The van der Waals surface area contributed by atoms with E-state index >= 15 is 0 Å². The summed E-state index contributed by atoms with van der Waals surface area (Å²) >= 11 is 6.14. The van der Waals surface area contributed by atoms with Crippen molar-refractivity contribution in [1.29, 1.82) is 0 Å². The summed E-state index contributed by atoms with van der Waals surface area (Å²) in [7, 11) is 0. The lowest BCUT2D eigenvalue weighted by atomic mass is 10.1. The predicted octanol–water partition coefficient (Wildman–Crippen LogP) is 4.96. The van der Waals surface area contributed by atoms with Gasteiger partial charge in [-0.3, -0.25) is 4.99 Å². The van der Waals surface area contributed by atoms with Crippen molar-refractivity contribution in [3.63, 3.8) is 0 Å². The van der Waals surface area contributed by atoms with E-state index in [9.17, 15) is 5.11 Å². The number of halogens is 1. The van der Waals surface area contributed by atoms with Gasteiger partial charge in [0.15, 0.2) is 0 Å². The maximum atomic E-state index is 10.0. The number of fused-ring (bicyclic) bond motifs is 1. The van der Waals surface area contributed by atoms with Gasteiger partial charge in [-0.1, -0.05) is 41.9 Å². The van der Waals surface area contributed by atoms with Crippen LogP contribution in [0.4, 0.5) is 5.69 Å². The Morgan fingerprint density at radius 3 is 2.57 bits per heavy atom. The number of aliphatic imine (C=N–C) groups is 1. The van der Waals surface area contributed by atoms with Gasteiger partial charge in [0.05, 0.1) is 16.3 Å². The number of aromatic hydroxyl groups is 1. The van der Waals surface area contributed by atoms with Crippen molar-refractivity contribution in [2.24, 2.45) is 4.99 Å². The molecule has 2 aromatic carbocycles. The topological polar surface area (TPSA) is 58.6 Å². The number of para-hydroxylation sites is 1. The third-order valence-corrected chi connectivity index (χ3v) is 3.92. The summed E-state index contributed by atoms with van der Waals surface area (Å²) in [5.41, 5.74) is 3.74. The van der Waals surface area contributed by atoms with Crippen LogP contribution in [-0.2, 0) is 0 Å². The molecule has 0 saturated carbocycles. The molecule has 1 aromatic heterocycles. The van der Waals surface area contributed by atoms with E-state index in [2.05, 4.69) is 9.98 Å². The second-order valence-electron chi connectivity index (χ2n) is 5.06. The molecule has 5 heteroatoms. The van der Waals surface area contributed by atoms with Gasteiger partial charge in [-0.25, -0.2) is 4.98 Å². The third-order valence-electron chi connectivity index (χ3n) is 3.59. The van der Waals surface area contributed by atoms with Crippen LogP contribution in [0.25, 0.3) is 23.1 Å². The summed E-state index contributed by atoms with van der Waals surface area (Å²) in [5, 5.41) is 10.5.